The first-order valence-corrected chi connectivity index (χ1v) is 13.6. The lowest BCUT2D eigenvalue weighted by Crippen LogP contribution is -2.35. The van der Waals surface area contributed by atoms with Crippen molar-refractivity contribution in [1.82, 2.24) is 9.88 Å². The Morgan fingerprint density at radius 3 is 2.20 bits per heavy atom. The quantitative estimate of drug-likeness (QED) is 0.197. The molecule has 0 spiro atoms. The third-order valence-electron chi connectivity index (χ3n) is 6.50. The molecule has 1 unspecified atom stereocenters. The highest BCUT2D eigenvalue weighted by Gasteiger charge is 2.34. The number of rotatable bonds is 13. The van der Waals surface area contributed by atoms with Gasteiger partial charge in [-0.25, -0.2) is 9.18 Å². The summed E-state index contributed by atoms with van der Waals surface area (Å²) < 4.78 is 58.7. The van der Waals surface area contributed by atoms with Gasteiger partial charge in [0, 0.05) is 6.20 Å². The molecular formula is C30H39F4N3O3. The standard InChI is InChI=1S/C20H16F4N2O3.C10H23N/c1-29-16-9-6-13(19(27)28)11-26(16)18(17-15(21)3-2-10-25-17)12-4-7-14(8-5-12)20(22,23)24;1-2-3-4-5-6-7-8-9-10-11/h2-10,18H,11H2,1H3,(H,27,28);2-11H2,1H3. The smallest absolute Gasteiger partial charge is 0.416 e. The third kappa shape index (κ3) is 9.97. The number of halogens is 4. The van der Waals surface area contributed by atoms with E-state index in [-0.39, 0.29) is 23.7 Å². The van der Waals surface area contributed by atoms with Crippen molar-refractivity contribution in [2.45, 2.75) is 70.5 Å². The Labute approximate surface area is 233 Å². The van der Waals surface area contributed by atoms with E-state index in [9.17, 15) is 27.5 Å². The van der Waals surface area contributed by atoms with Crippen LogP contribution in [0, 0.1) is 5.82 Å². The summed E-state index contributed by atoms with van der Waals surface area (Å²) in [6, 6.07) is 5.76. The van der Waals surface area contributed by atoms with Crippen molar-refractivity contribution in [1.29, 1.82) is 0 Å². The zero-order valence-corrected chi connectivity index (χ0v) is 23.1. The summed E-state index contributed by atoms with van der Waals surface area (Å²) in [5.74, 6) is -1.63. The first-order valence-electron chi connectivity index (χ1n) is 13.6. The maximum Gasteiger partial charge on any atom is 0.416 e. The normalized spacial score (nSPS) is 14.0. The third-order valence-corrected chi connectivity index (χ3v) is 6.50. The lowest BCUT2D eigenvalue weighted by atomic mass is 9.97. The molecule has 0 saturated carbocycles. The fourth-order valence-corrected chi connectivity index (χ4v) is 4.34. The van der Waals surface area contributed by atoms with Gasteiger partial charge in [-0.15, -0.1) is 0 Å². The lowest BCUT2D eigenvalue weighted by Gasteiger charge is -2.36. The van der Waals surface area contributed by atoms with Gasteiger partial charge in [-0.1, -0.05) is 64.0 Å². The molecule has 1 aromatic carbocycles. The molecule has 2 aromatic rings. The molecule has 1 atom stereocenters. The molecule has 0 fully saturated rings. The number of carbonyl (C=O) groups is 1. The number of aliphatic carboxylic acids is 1. The Morgan fingerprint density at radius 2 is 1.68 bits per heavy atom. The van der Waals surface area contributed by atoms with Crippen molar-refractivity contribution in [2.24, 2.45) is 5.73 Å². The highest BCUT2D eigenvalue weighted by Crippen LogP contribution is 2.36. The van der Waals surface area contributed by atoms with Crippen LogP contribution < -0.4 is 5.73 Å². The molecule has 220 valence electrons. The van der Waals surface area contributed by atoms with E-state index in [0.717, 1.165) is 18.7 Å². The highest BCUT2D eigenvalue weighted by atomic mass is 19.4. The second kappa shape index (κ2) is 16.6. The predicted molar refractivity (Wildman–Crippen MR) is 147 cm³/mol. The molecule has 2 heterocycles. The summed E-state index contributed by atoms with van der Waals surface area (Å²) in [5.41, 5.74) is 4.78. The maximum absolute atomic E-state index is 14.6. The number of alkyl halides is 3. The molecule has 40 heavy (non-hydrogen) atoms. The van der Waals surface area contributed by atoms with Crippen LogP contribution in [0.25, 0.3) is 0 Å². The molecule has 1 aliphatic heterocycles. The fraction of sp³-hybridized carbons (Fsp3) is 0.467. The summed E-state index contributed by atoms with van der Waals surface area (Å²) in [6.07, 6.45) is 10.6. The van der Waals surface area contributed by atoms with E-state index in [2.05, 4.69) is 11.9 Å². The number of carboxylic acids is 1. The zero-order chi connectivity index (χ0) is 29.5. The van der Waals surface area contributed by atoms with E-state index in [0.29, 0.717) is 5.56 Å². The average molecular weight is 566 g/mol. The van der Waals surface area contributed by atoms with Crippen LogP contribution in [-0.4, -0.2) is 41.2 Å². The average Bonchev–Trinajstić information content (AvgIpc) is 2.94. The number of allylic oxidation sites excluding steroid dienone is 2. The van der Waals surface area contributed by atoms with E-state index in [1.807, 2.05) is 0 Å². The van der Waals surface area contributed by atoms with Crippen molar-refractivity contribution in [3.05, 3.63) is 88.8 Å². The van der Waals surface area contributed by atoms with E-state index < -0.39 is 29.6 Å². The van der Waals surface area contributed by atoms with Crippen LogP contribution in [0.4, 0.5) is 17.6 Å². The van der Waals surface area contributed by atoms with Crippen LogP contribution in [0.1, 0.15) is 81.2 Å². The highest BCUT2D eigenvalue weighted by molar-refractivity contribution is 5.87. The van der Waals surface area contributed by atoms with Crippen molar-refractivity contribution in [2.75, 3.05) is 20.2 Å². The van der Waals surface area contributed by atoms with Crippen molar-refractivity contribution < 1.29 is 32.2 Å². The van der Waals surface area contributed by atoms with Crippen LogP contribution in [0.2, 0.25) is 0 Å². The summed E-state index contributed by atoms with van der Waals surface area (Å²) in [5, 5.41) is 9.34. The topological polar surface area (TPSA) is 88.7 Å². The number of benzene rings is 1. The molecule has 1 aliphatic rings. The molecule has 0 radical (unpaired) electrons. The predicted octanol–water partition coefficient (Wildman–Crippen LogP) is 7.23. The van der Waals surface area contributed by atoms with Crippen LogP contribution in [0.15, 0.2) is 66.2 Å². The van der Waals surface area contributed by atoms with Gasteiger partial charge in [-0.2, -0.15) is 13.2 Å². The van der Waals surface area contributed by atoms with Gasteiger partial charge in [-0.05, 0) is 54.9 Å². The molecule has 3 rings (SSSR count). The number of pyridine rings is 1. The minimum Gasteiger partial charge on any atom is -0.482 e. The van der Waals surface area contributed by atoms with Crippen molar-refractivity contribution in [3.8, 4) is 0 Å². The Bertz CT molecular complexity index is 1110. The van der Waals surface area contributed by atoms with Gasteiger partial charge in [0.25, 0.3) is 0 Å². The first kappa shape index (κ1) is 32.8. The van der Waals surface area contributed by atoms with Crippen LogP contribution >= 0.6 is 0 Å². The Morgan fingerprint density at radius 1 is 1.05 bits per heavy atom. The van der Waals surface area contributed by atoms with Crippen molar-refractivity contribution in [3.63, 3.8) is 0 Å². The summed E-state index contributed by atoms with van der Waals surface area (Å²) in [6.45, 7) is 2.97. The number of nitrogens with two attached hydrogens (primary N) is 1. The van der Waals surface area contributed by atoms with Crippen LogP contribution in [0.5, 0.6) is 0 Å². The van der Waals surface area contributed by atoms with Gasteiger partial charge in [0.05, 0.1) is 24.8 Å². The van der Waals surface area contributed by atoms with Gasteiger partial charge in [-0.3, -0.25) is 4.98 Å². The van der Waals surface area contributed by atoms with Gasteiger partial charge >= 0.3 is 12.1 Å². The Hall–Kier alpha value is -3.40. The zero-order valence-electron chi connectivity index (χ0n) is 23.1. The number of nitrogens with zero attached hydrogens (tertiary/aromatic N) is 2. The van der Waals surface area contributed by atoms with E-state index in [1.165, 1.54) is 106 Å². The second-order valence-corrected chi connectivity index (χ2v) is 9.49. The minimum atomic E-state index is -4.52. The van der Waals surface area contributed by atoms with Gasteiger partial charge < -0.3 is 20.5 Å². The Kier molecular flexibility index (Phi) is 13.7. The second-order valence-electron chi connectivity index (χ2n) is 9.49. The molecule has 10 heteroatoms. The minimum absolute atomic E-state index is 0.0130. The lowest BCUT2D eigenvalue weighted by molar-refractivity contribution is -0.137. The first-order chi connectivity index (χ1) is 19.1. The molecule has 0 aliphatic carbocycles. The van der Waals surface area contributed by atoms with E-state index >= 15 is 0 Å². The SMILES string of the molecule is CCCCCCCCCCN.COC1=CC=C(C(=O)O)CN1C(c1ccc(C(F)(F)F)cc1)c1ncccc1F. The monoisotopic (exact) mass is 565 g/mol. The van der Waals surface area contributed by atoms with Crippen LogP contribution in [0.3, 0.4) is 0 Å². The molecule has 0 amide bonds. The maximum atomic E-state index is 14.6. The van der Waals surface area contributed by atoms with Gasteiger partial charge in [0.1, 0.15) is 17.6 Å². The number of unbranched alkanes of at least 4 members (excludes halogenated alkanes) is 7. The molecule has 6 nitrogen and oxygen atoms in total. The number of hydrogen-bond acceptors (Lipinski definition) is 5. The summed E-state index contributed by atoms with van der Waals surface area (Å²) in [7, 11) is 1.36. The molecule has 0 bridgehead atoms. The molecule has 3 N–H and O–H groups in total. The summed E-state index contributed by atoms with van der Waals surface area (Å²) >= 11 is 0. The molecule has 1 aromatic heterocycles. The number of aromatic nitrogens is 1. The number of hydrogen-bond donors (Lipinski definition) is 2. The van der Waals surface area contributed by atoms with E-state index in [4.69, 9.17) is 10.5 Å². The largest absolute Gasteiger partial charge is 0.482 e. The van der Waals surface area contributed by atoms with E-state index in [1.54, 1.807) is 0 Å². The molecular weight excluding hydrogens is 526 g/mol. The number of carboxylic acid groups (broad SMARTS) is 1. The number of methoxy groups -OCH3 is 1. The van der Waals surface area contributed by atoms with Crippen LogP contribution in [-0.2, 0) is 15.7 Å². The Balaban J connectivity index is 0.000000432. The van der Waals surface area contributed by atoms with Gasteiger partial charge in [0.15, 0.2) is 5.88 Å². The summed E-state index contributed by atoms with van der Waals surface area (Å²) in [4.78, 5) is 16.9. The molecule has 0 saturated heterocycles. The van der Waals surface area contributed by atoms with Gasteiger partial charge in [0.2, 0.25) is 0 Å². The fourth-order valence-electron chi connectivity index (χ4n) is 4.34. The van der Waals surface area contributed by atoms with Crippen molar-refractivity contribution >= 4 is 5.97 Å². The number of ether oxygens (including phenoxy) is 1.